The summed E-state index contributed by atoms with van der Waals surface area (Å²) in [5.41, 5.74) is 0.310. The van der Waals surface area contributed by atoms with E-state index in [1.807, 2.05) is 0 Å². The fraction of sp³-hybridized carbons (Fsp3) is 1.00. The third-order valence-electron chi connectivity index (χ3n) is 2.50. The van der Waals surface area contributed by atoms with Crippen LogP contribution in [0.5, 0.6) is 0 Å². The van der Waals surface area contributed by atoms with Crippen molar-refractivity contribution in [3.8, 4) is 0 Å². The zero-order valence-electron chi connectivity index (χ0n) is 8.14. The second kappa shape index (κ2) is 4.21. The number of aliphatic hydroxyl groups excluding tert-OH is 1. The fourth-order valence-corrected chi connectivity index (χ4v) is 1.42. The second-order valence-electron chi connectivity index (χ2n) is 3.98. The smallest absolute Gasteiger partial charge is 0.0448 e. The summed E-state index contributed by atoms with van der Waals surface area (Å²) in [7, 11) is 4.15. The zero-order chi connectivity index (χ0) is 9.03. The Morgan fingerprint density at radius 2 is 2.08 bits per heavy atom. The maximum atomic E-state index is 8.80. The molecule has 0 aromatic carbocycles. The van der Waals surface area contributed by atoms with Gasteiger partial charge >= 0.3 is 0 Å². The van der Waals surface area contributed by atoms with E-state index in [4.69, 9.17) is 5.11 Å². The highest BCUT2D eigenvalue weighted by molar-refractivity contribution is 5.01. The molecule has 0 aliphatic heterocycles. The molecule has 0 aromatic heterocycles. The summed E-state index contributed by atoms with van der Waals surface area (Å²) in [6.45, 7) is 2.43. The van der Waals surface area contributed by atoms with Crippen molar-refractivity contribution in [2.24, 2.45) is 0 Å². The van der Waals surface area contributed by atoms with Crippen LogP contribution in [0.4, 0.5) is 0 Å². The van der Waals surface area contributed by atoms with Crippen LogP contribution in [0.3, 0.4) is 0 Å². The van der Waals surface area contributed by atoms with Gasteiger partial charge in [0.15, 0.2) is 0 Å². The van der Waals surface area contributed by atoms with Gasteiger partial charge in [-0.05, 0) is 33.4 Å². The molecule has 0 saturated heterocycles. The molecule has 12 heavy (non-hydrogen) atoms. The molecule has 1 fully saturated rings. The Morgan fingerprint density at radius 3 is 2.50 bits per heavy atom. The van der Waals surface area contributed by atoms with Crippen LogP contribution in [-0.4, -0.2) is 49.3 Å². The number of hydrogen-bond donors (Lipinski definition) is 2. The highest BCUT2D eigenvalue weighted by atomic mass is 16.3. The van der Waals surface area contributed by atoms with Crippen molar-refractivity contribution < 1.29 is 5.11 Å². The van der Waals surface area contributed by atoms with Crippen molar-refractivity contribution in [3.63, 3.8) is 0 Å². The lowest BCUT2D eigenvalue weighted by Crippen LogP contribution is -2.37. The first-order valence-electron chi connectivity index (χ1n) is 4.69. The molecule has 1 saturated carbocycles. The van der Waals surface area contributed by atoms with Gasteiger partial charge in [-0.25, -0.2) is 0 Å². The Labute approximate surface area is 74.8 Å². The first kappa shape index (κ1) is 9.96. The standard InChI is InChI=1S/C9H20N2O/c1-11(2)7-6-10-9(3-4-9)5-8-12/h10,12H,3-8H2,1-2H3. The van der Waals surface area contributed by atoms with Crippen LogP contribution in [0, 0.1) is 0 Å². The number of aliphatic hydroxyl groups is 1. The molecule has 1 aliphatic carbocycles. The van der Waals surface area contributed by atoms with Crippen LogP contribution in [0.1, 0.15) is 19.3 Å². The lowest BCUT2D eigenvalue weighted by atomic mass is 10.2. The van der Waals surface area contributed by atoms with Gasteiger partial charge in [0.2, 0.25) is 0 Å². The average Bonchev–Trinajstić information content (AvgIpc) is 2.69. The van der Waals surface area contributed by atoms with E-state index in [2.05, 4.69) is 24.3 Å². The lowest BCUT2D eigenvalue weighted by Gasteiger charge is -2.17. The summed E-state index contributed by atoms with van der Waals surface area (Å²) in [5.74, 6) is 0. The Morgan fingerprint density at radius 1 is 1.42 bits per heavy atom. The zero-order valence-corrected chi connectivity index (χ0v) is 8.14. The third-order valence-corrected chi connectivity index (χ3v) is 2.50. The quantitative estimate of drug-likeness (QED) is 0.594. The summed E-state index contributed by atoms with van der Waals surface area (Å²) >= 11 is 0. The number of rotatable bonds is 6. The van der Waals surface area contributed by atoms with Gasteiger partial charge in [-0.3, -0.25) is 0 Å². The number of nitrogens with one attached hydrogen (secondary N) is 1. The molecule has 1 aliphatic rings. The average molecular weight is 172 g/mol. The van der Waals surface area contributed by atoms with Crippen molar-refractivity contribution in [1.82, 2.24) is 10.2 Å². The van der Waals surface area contributed by atoms with E-state index in [0.29, 0.717) is 12.1 Å². The summed E-state index contributed by atoms with van der Waals surface area (Å²) in [4.78, 5) is 2.17. The Kier molecular flexibility index (Phi) is 3.50. The minimum Gasteiger partial charge on any atom is -0.396 e. The molecule has 1 rings (SSSR count). The first-order valence-corrected chi connectivity index (χ1v) is 4.69. The first-order chi connectivity index (χ1) is 5.68. The van der Waals surface area contributed by atoms with Crippen molar-refractivity contribution in [2.45, 2.75) is 24.8 Å². The maximum Gasteiger partial charge on any atom is 0.0448 e. The van der Waals surface area contributed by atoms with Crippen molar-refractivity contribution in [2.75, 3.05) is 33.8 Å². The number of nitrogens with zero attached hydrogens (tertiary/aromatic N) is 1. The molecule has 0 heterocycles. The summed E-state index contributed by atoms with van der Waals surface area (Å²) in [6, 6.07) is 0. The molecule has 0 unspecified atom stereocenters. The third kappa shape index (κ3) is 3.09. The minimum atomic E-state index is 0.310. The highest BCUT2D eigenvalue weighted by Gasteiger charge is 2.40. The molecule has 0 spiro atoms. The van der Waals surface area contributed by atoms with E-state index in [1.165, 1.54) is 12.8 Å². The van der Waals surface area contributed by atoms with Gasteiger partial charge in [0.1, 0.15) is 0 Å². The molecule has 3 heteroatoms. The van der Waals surface area contributed by atoms with Crippen LogP contribution in [-0.2, 0) is 0 Å². The molecule has 3 nitrogen and oxygen atoms in total. The van der Waals surface area contributed by atoms with Gasteiger partial charge in [0.25, 0.3) is 0 Å². The van der Waals surface area contributed by atoms with E-state index in [-0.39, 0.29) is 0 Å². The largest absolute Gasteiger partial charge is 0.396 e. The molecule has 0 radical (unpaired) electrons. The summed E-state index contributed by atoms with van der Waals surface area (Å²) < 4.78 is 0. The molecule has 0 atom stereocenters. The van der Waals surface area contributed by atoms with E-state index in [0.717, 1.165) is 19.5 Å². The Hall–Kier alpha value is -0.120. The topological polar surface area (TPSA) is 35.5 Å². The van der Waals surface area contributed by atoms with Crippen molar-refractivity contribution in [3.05, 3.63) is 0 Å². The number of likely N-dealkylation sites (N-methyl/N-ethyl adjacent to an activating group) is 1. The van der Waals surface area contributed by atoms with Crippen LogP contribution in [0.15, 0.2) is 0 Å². The summed E-state index contributed by atoms with van der Waals surface area (Å²) in [6.07, 6.45) is 3.39. The monoisotopic (exact) mass is 172 g/mol. The summed E-state index contributed by atoms with van der Waals surface area (Å²) in [5, 5.41) is 12.3. The molecule has 0 bridgehead atoms. The normalized spacial score (nSPS) is 20.0. The van der Waals surface area contributed by atoms with Crippen LogP contribution >= 0.6 is 0 Å². The lowest BCUT2D eigenvalue weighted by molar-refractivity contribution is 0.255. The highest BCUT2D eigenvalue weighted by Crippen LogP contribution is 2.37. The van der Waals surface area contributed by atoms with Crippen molar-refractivity contribution in [1.29, 1.82) is 0 Å². The van der Waals surface area contributed by atoms with Gasteiger partial charge in [0.05, 0.1) is 0 Å². The predicted octanol–water partition coefficient (Wildman–Crippen LogP) is 0.0526. The molecular weight excluding hydrogens is 152 g/mol. The second-order valence-corrected chi connectivity index (χ2v) is 3.98. The Bertz CT molecular complexity index is 132. The number of hydrogen-bond acceptors (Lipinski definition) is 3. The molecular formula is C9H20N2O. The predicted molar refractivity (Wildman–Crippen MR) is 50.2 cm³/mol. The van der Waals surface area contributed by atoms with Gasteiger partial charge in [-0.15, -0.1) is 0 Å². The van der Waals surface area contributed by atoms with Crippen LogP contribution in [0.2, 0.25) is 0 Å². The molecule has 72 valence electrons. The fourth-order valence-electron chi connectivity index (χ4n) is 1.42. The van der Waals surface area contributed by atoms with Gasteiger partial charge in [0, 0.05) is 25.2 Å². The van der Waals surface area contributed by atoms with Crippen molar-refractivity contribution >= 4 is 0 Å². The van der Waals surface area contributed by atoms with E-state index < -0.39 is 0 Å². The van der Waals surface area contributed by atoms with Gasteiger partial charge < -0.3 is 15.3 Å². The van der Waals surface area contributed by atoms with Crippen LogP contribution in [0.25, 0.3) is 0 Å². The van der Waals surface area contributed by atoms with E-state index in [9.17, 15) is 0 Å². The van der Waals surface area contributed by atoms with Gasteiger partial charge in [-0.1, -0.05) is 0 Å². The minimum absolute atomic E-state index is 0.310. The van der Waals surface area contributed by atoms with Crippen LogP contribution < -0.4 is 5.32 Å². The van der Waals surface area contributed by atoms with E-state index in [1.54, 1.807) is 0 Å². The SMILES string of the molecule is CN(C)CCNC1(CCO)CC1. The molecule has 0 aromatic rings. The molecule has 0 amide bonds. The molecule has 2 N–H and O–H groups in total. The van der Waals surface area contributed by atoms with Gasteiger partial charge in [-0.2, -0.15) is 0 Å². The Balaban J connectivity index is 2.06. The maximum absolute atomic E-state index is 8.80. The van der Waals surface area contributed by atoms with E-state index >= 15 is 0 Å².